The highest BCUT2D eigenvalue weighted by molar-refractivity contribution is 5.92. The quantitative estimate of drug-likeness (QED) is 0.510. The SMILES string of the molecule is Cc1cccc(OC(F)F)c1NC(=O)N1CCN(CCCOCC(F)(F)F)CC1. The fraction of sp³-hybridized carbons (Fsp3) is 0.611. The molecule has 1 heterocycles. The molecular weight excluding hydrogens is 401 g/mol. The van der Waals surface area contributed by atoms with Crippen LogP contribution < -0.4 is 10.1 Å². The Balaban J connectivity index is 1.77. The molecule has 6 nitrogen and oxygen atoms in total. The van der Waals surface area contributed by atoms with Crippen molar-refractivity contribution in [1.29, 1.82) is 0 Å². The number of carbonyl (C=O) groups excluding carboxylic acids is 1. The number of amides is 2. The summed E-state index contributed by atoms with van der Waals surface area (Å²) in [6.07, 6.45) is -3.86. The van der Waals surface area contributed by atoms with Gasteiger partial charge in [0.15, 0.2) is 0 Å². The third-order valence-corrected chi connectivity index (χ3v) is 4.37. The van der Waals surface area contributed by atoms with E-state index in [1.165, 1.54) is 6.07 Å². The monoisotopic (exact) mass is 425 g/mol. The molecule has 1 aromatic rings. The van der Waals surface area contributed by atoms with Crippen molar-refractivity contribution in [2.75, 3.05) is 51.3 Å². The highest BCUT2D eigenvalue weighted by atomic mass is 19.4. The number of para-hydroxylation sites is 1. The Hall–Kier alpha value is -2.14. The number of hydrogen-bond acceptors (Lipinski definition) is 4. The Morgan fingerprint density at radius 1 is 1.21 bits per heavy atom. The van der Waals surface area contributed by atoms with E-state index in [1.807, 2.05) is 4.90 Å². The number of hydrogen-bond donors (Lipinski definition) is 1. The Bertz CT molecular complexity index is 665. The molecule has 29 heavy (non-hydrogen) atoms. The summed E-state index contributed by atoms with van der Waals surface area (Å²) in [6, 6.07) is 4.16. The van der Waals surface area contributed by atoms with Crippen molar-refractivity contribution in [3.63, 3.8) is 0 Å². The number of aryl methyl sites for hydroxylation is 1. The molecular formula is C18H24F5N3O3. The van der Waals surface area contributed by atoms with Crippen molar-refractivity contribution in [3.05, 3.63) is 23.8 Å². The molecule has 0 saturated carbocycles. The second kappa shape index (κ2) is 10.6. The molecule has 0 unspecified atom stereocenters. The highest BCUT2D eigenvalue weighted by Gasteiger charge is 2.27. The minimum absolute atomic E-state index is 0.0143. The van der Waals surface area contributed by atoms with E-state index in [1.54, 1.807) is 24.0 Å². The molecule has 1 aliphatic rings. The summed E-state index contributed by atoms with van der Waals surface area (Å²) < 4.78 is 70.2. The van der Waals surface area contributed by atoms with E-state index in [0.29, 0.717) is 44.7 Å². The molecule has 2 amide bonds. The lowest BCUT2D eigenvalue weighted by molar-refractivity contribution is -0.174. The van der Waals surface area contributed by atoms with Gasteiger partial charge < -0.3 is 19.7 Å². The minimum atomic E-state index is -4.32. The maximum Gasteiger partial charge on any atom is 0.411 e. The molecule has 164 valence electrons. The topological polar surface area (TPSA) is 54.0 Å². The van der Waals surface area contributed by atoms with Gasteiger partial charge in [-0.3, -0.25) is 4.90 Å². The van der Waals surface area contributed by atoms with Crippen LogP contribution in [-0.4, -0.2) is 74.6 Å². The number of rotatable bonds is 8. The summed E-state index contributed by atoms with van der Waals surface area (Å²) in [5, 5.41) is 2.63. The second-order valence-corrected chi connectivity index (χ2v) is 6.61. The molecule has 2 rings (SSSR count). The molecule has 1 aromatic carbocycles. The number of carbonyl (C=O) groups is 1. The van der Waals surface area contributed by atoms with Crippen LogP contribution in [0.25, 0.3) is 0 Å². The fourth-order valence-electron chi connectivity index (χ4n) is 2.93. The van der Waals surface area contributed by atoms with Crippen molar-refractivity contribution in [3.8, 4) is 5.75 Å². The predicted molar refractivity (Wildman–Crippen MR) is 96.3 cm³/mol. The van der Waals surface area contributed by atoms with E-state index in [0.717, 1.165) is 0 Å². The molecule has 0 radical (unpaired) electrons. The van der Waals surface area contributed by atoms with Crippen molar-refractivity contribution in [2.24, 2.45) is 0 Å². The molecule has 11 heteroatoms. The van der Waals surface area contributed by atoms with Crippen molar-refractivity contribution >= 4 is 11.7 Å². The molecule has 1 saturated heterocycles. The van der Waals surface area contributed by atoms with Crippen LogP contribution in [0.1, 0.15) is 12.0 Å². The van der Waals surface area contributed by atoms with Crippen LogP contribution in [0.5, 0.6) is 5.75 Å². The van der Waals surface area contributed by atoms with E-state index in [9.17, 15) is 26.7 Å². The van der Waals surface area contributed by atoms with Gasteiger partial charge in [-0.2, -0.15) is 22.0 Å². The van der Waals surface area contributed by atoms with E-state index in [4.69, 9.17) is 0 Å². The Labute approximate surface area is 165 Å². The lowest BCUT2D eigenvalue weighted by atomic mass is 10.2. The molecule has 0 spiro atoms. The summed E-state index contributed by atoms with van der Waals surface area (Å²) in [5.74, 6) is -0.106. The van der Waals surface area contributed by atoms with Gasteiger partial charge in [0, 0.05) is 39.3 Å². The van der Waals surface area contributed by atoms with E-state index >= 15 is 0 Å². The number of alkyl halides is 5. The van der Waals surface area contributed by atoms with Gasteiger partial charge in [0.2, 0.25) is 0 Å². The molecule has 0 bridgehead atoms. The summed E-state index contributed by atoms with van der Waals surface area (Å²) in [7, 11) is 0. The minimum Gasteiger partial charge on any atom is -0.433 e. The summed E-state index contributed by atoms with van der Waals surface area (Å²) in [5.41, 5.74) is 0.788. The first kappa shape index (κ1) is 23.1. The largest absolute Gasteiger partial charge is 0.433 e. The van der Waals surface area contributed by atoms with Crippen molar-refractivity contribution in [1.82, 2.24) is 9.80 Å². The maximum absolute atomic E-state index is 12.6. The zero-order valence-electron chi connectivity index (χ0n) is 16.0. The van der Waals surface area contributed by atoms with Gasteiger partial charge in [0.25, 0.3) is 0 Å². The van der Waals surface area contributed by atoms with Gasteiger partial charge in [0.1, 0.15) is 12.4 Å². The molecule has 0 atom stereocenters. The molecule has 0 aliphatic carbocycles. The number of nitrogens with zero attached hydrogens (tertiary/aromatic N) is 2. The first-order valence-corrected chi connectivity index (χ1v) is 9.13. The van der Waals surface area contributed by atoms with Gasteiger partial charge >= 0.3 is 18.8 Å². The number of benzene rings is 1. The lowest BCUT2D eigenvalue weighted by Crippen LogP contribution is -2.50. The summed E-state index contributed by atoms with van der Waals surface area (Å²) >= 11 is 0. The highest BCUT2D eigenvalue weighted by Crippen LogP contribution is 2.29. The predicted octanol–water partition coefficient (Wildman–Crippen LogP) is 3.71. The smallest absolute Gasteiger partial charge is 0.411 e. The molecule has 0 aromatic heterocycles. The van der Waals surface area contributed by atoms with Crippen LogP contribution in [0.2, 0.25) is 0 Å². The van der Waals surface area contributed by atoms with Crippen LogP contribution in [-0.2, 0) is 4.74 Å². The van der Waals surface area contributed by atoms with Gasteiger partial charge in [-0.25, -0.2) is 4.79 Å². The Morgan fingerprint density at radius 2 is 1.90 bits per heavy atom. The standard InChI is InChI=1S/C18H24F5N3O3/c1-13-4-2-5-14(29-16(19)20)15(13)24-17(27)26-9-7-25(8-10-26)6-3-11-28-12-18(21,22)23/h2,4-5,16H,3,6-12H2,1H3,(H,24,27). The Kier molecular flexibility index (Phi) is 8.45. The average molecular weight is 425 g/mol. The molecule has 1 aliphatic heterocycles. The zero-order valence-corrected chi connectivity index (χ0v) is 16.0. The van der Waals surface area contributed by atoms with Crippen LogP contribution >= 0.6 is 0 Å². The number of piperazine rings is 1. The fourth-order valence-corrected chi connectivity index (χ4v) is 2.93. The summed E-state index contributed by atoms with van der Waals surface area (Å²) in [6.45, 7) is -0.0713. The number of ether oxygens (including phenoxy) is 2. The van der Waals surface area contributed by atoms with Crippen LogP contribution in [0.15, 0.2) is 18.2 Å². The average Bonchev–Trinajstić information content (AvgIpc) is 2.63. The number of halogens is 5. The maximum atomic E-state index is 12.6. The van der Waals surface area contributed by atoms with E-state index < -0.39 is 25.4 Å². The van der Waals surface area contributed by atoms with Crippen molar-refractivity contribution in [2.45, 2.75) is 26.1 Å². The van der Waals surface area contributed by atoms with Crippen LogP contribution in [0.4, 0.5) is 32.4 Å². The van der Waals surface area contributed by atoms with Gasteiger partial charge in [-0.15, -0.1) is 0 Å². The van der Waals surface area contributed by atoms with Crippen LogP contribution in [0, 0.1) is 6.92 Å². The van der Waals surface area contributed by atoms with Crippen molar-refractivity contribution < 1.29 is 36.2 Å². The first-order chi connectivity index (χ1) is 13.7. The number of anilines is 1. The number of urea groups is 1. The van der Waals surface area contributed by atoms with Gasteiger partial charge in [-0.05, 0) is 25.0 Å². The normalized spacial score (nSPS) is 15.6. The zero-order chi connectivity index (χ0) is 21.4. The summed E-state index contributed by atoms with van der Waals surface area (Å²) in [4.78, 5) is 16.1. The number of nitrogens with one attached hydrogen (secondary N) is 1. The molecule has 1 N–H and O–H groups in total. The van der Waals surface area contributed by atoms with Gasteiger partial charge in [-0.1, -0.05) is 12.1 Å². The Morgan fingerprint density at radius 3 is 2.52 bits per heavy atom. The third kappa shape index (κ3) is 8.01. The van der Waals surface area contributed by atoms with E-state index in [-0.39, 0.29) is 18.0 Å². The van der Waals surface area contributed by atoms with Crippen LogP contribution in [0.3, 0.4) is 0 Å². The first-order valence-electron chi connectivity index (χ1n) is 9.13. The third-order valence-electron chi connectivity index (χ3n) is 4.37. The van der Waals surface area contributed by atoms with Gasteiger partial charge in [0.05, 0.1) is 5.69 Å². The lowest BCUT2D eigenvalue weighted by Gasteiger charge is -2.34. The second-order valence-electron chi connectivity index (χ2n) is 6.61. The van der Waals surface area contributed by atoms with E-state index in [2.05, 4.69) is 14.8 Å². The molecule has 1 fully saturated rings.